The van der Waals surface area contributed by atoms with Crippen molar-refractivity contribution >= 4 is 27.5 Å². The van der Waals surface area contributed by atoms with Crippen LogP contribution >= 0.6 is 11.3 Å². The van der Waals surface area contributed by atoms with Gasteiger partial charge in [0.2, 0.25) is 5.91 Å². The Labute approximate surface area is 153 Å². The van der Waals surface area contributed by atoms with Gasteiger partial charge in [0.25, 0.3) is 5.56 Å². The number of hydrogen-bond acceptors (Lipinski definition) is 6. The number of thiophene rings is 1. The second kappa shape index (κ2) is 6.65. The molecule has 3 aromatic heterocycles. The van der Waals surface area contributed by atoms with Gasteiger partial charge in [-0.25, -0.2) is 9.97 Å². The summed E-state index contributed by atoms with van der Waals surface area (Å²) in [6, 6.07) is -0.443. The lowest BCUT2D eigenvalue weighted by Gasteiger charge is -2.22. The lowest BCUT2D eigenvalue weighted by Crippen LogP contribution is -2.42. The minimum Gasteiger partial charge on any atom is -0.354 e. The molecule has 8 nitrogen and oxygen atoms in total. The summed E-state index contributed by atoms with van der Waals surface area (Å²) < 4.78 is 0. The smallest absolute Gasteiger partial charge is 0.259 e. The van der Waals surface area contributed by atoms with Crippen molar-refractivity contribution in [2.45, 2.75) is 32.7 Å². The summed E-state index contributed by atoms with van der Waals surface area (Å²) in [4.78, 5) is 41.3. The first-order chi connectivity index (χ1) is 12.5. The summed E-state index contributed by atoms with van der Waals surface area (Å²) in [6.07, 6.45) is 2.92. The molecule has 0 unspecified atom stereocenters. The van der Waals surface area contributed by atoms with E-state index in [2.05, 4.69) is 30.6 Å². The third-order valence-electron chi connectivity index (χ3n) is 4.76. The van der Waals surface area contributed by atoms with Gasteiger partial charge in [0.05, 0.1) is 17.4 Å². The van der Waals surface area contributed by atoms with Crippen molar-refractivity contribution in [3.05, 3.63) is 44.3 Å². The van der Waals surface area contributed by atoms with Crippen molar-refractivity contribution in [3.8, 4) is 0 Å². The molecule has 3 aromatic rings. The molecule has 4 N–H and O–H groups in total. The quantitative estimate of drug-likeness (QED) is 0.542. The van der Waals surface area contributed by atoms with E-state index in [4.69, 9.17) is 0 Å². The zero-order valence-corrected chi connectivity index (χ0v) is 15.4. The standard InChI is InChI=1S/C17H20N6O2S/c1-8-9(2)26-17-12(8)15(24)22-11(23-17)4-6-19-16(25)14-13-10(3-5-18-14)20-7-21-13/h7,14,18H,3-6H2,1-2H3,(H,19,25)(H,20,21)(H,22,23,24)/t14-/m0/s1. The number of amides is 1. The summed E-state index contributed by atoms with van der Waals surface area (Å²) in [5, 5.41) is 6.75. The van der Waals surface area contributed by atoms with Crippen LogP contribution in [0.3, 0.4) is 0 Å². The van der Waals surface area contributed by atoms with Crippen molar-refractivity contribution in [3.63, 3.8) is 0 Å². The number of aromatic amines is 2. The SMILES string of the molecule is Cc1sc2nc(CCNC(=O)[C@H]3NCCc4[nH]cnc43)[nH]c(=O)c2c1C. The Kier molecular flexibility index (Phi) is 4.33. The van der Waals surface area contributed by atoms with Crippen LogP contribution in [0.5, 0.6) is 0 Å². The Bertz CT molecular complexity index is 1030. The van der Waals surface area contributed by atoms with Gasteiger partial charge in [-0.3, -0.25) is 9.59 Å². The molecule has 9 heteroatoms. The van der Waals surface area contributed by atoms with Crippen molar-refractivity contribution in [2.24, 2.45) is 0 Å². The minimum absolute atomic E-state index is 0.117. The summed E-state index contributed by atoms with van der Waals surface area (Å²) in [7, 11) is 0. The molecule has 0 fully saturated rings. The molecule has 0 radical (unpaired) electrons. The van der Waals surface area contributed by atoms with Crippen LogP contribution in [0.4, 0.5) is 0 Å². The zero-order valence-electron chi connectivity index (χ0n) is 14.6. The molecule has 26 heavy (non-hydrogen) atoms. The highest BCUT2D eigenvalue weighted by molar-refractivity contribution is 7.18. The third-order valence-corrected chi connectivity index (χ3v) is 5.86. The second-order valence-electron chi connectivity index (χ2n) is 6.42. The third kappa shape index (κ3) is 2.93. The molecule has 1 aliphatic rings. The molecule has 0 aliphatic carbocycles. The fourth-order valence-corrected chi connectivity index (χ4v) is 4.31. The van der Waals surface area contributed by atoms with Crippen LogP contribution < -0.4 is 16.2 Å². The molecular formula is C17H20N6O2S. The largest absolute Gasteiger partial charge is 0.354 e. The van der Waals surface area contributed by atoms with E-state index in [-0.39, 0.29) is 11.5 Å². The molecule has 1 atom stereocenters. The number of imidazole rings is 1. The summed E-state index contributed by atoms with van der Waals surface area (Å²) in [5.74, 6) is 0.463. The van der Waals surface area contributed by atoms with Gasteiger partial charge >= 0.3 is 0 Å². The molecule has 0 spiro atoms. The van der Waals surface area contributed by atoms with Crippen LogP contribution in [0.25, 0.3) is 10.2 Å². The second-order valence-corrected chi connectivity index (χ2v) is 7.62. The fraction of sp³-hybridized carbons (Fsp3) is 0.412. The molecular weight excluding hydrogens is 352 g/mol. The monoisotopic (exact) mass is 372 g/mol. The molecule has 1 aliphatic heterocycles. The van der Waals surface area contributed by atoms with E-state index in [1.807, 2.05) is 13.8 Å². The first kappa shape index (κ1) is 16.9. The molecule has 0 bridgehead atoms. The maximum atomic E-state index is 12.5. The molecule has 136 valence electrons. The van der Waals surface area contributed by atoms with Gasteiger partial charge in [-0.1, -0.05) is 0 Å². The molecule has 1 amide bonds. The Morgan fingerprint density at radius 1 is 1.42 bits per heavy atom. The number of hydrogen-bond donors (Lipinski definition) is 4. The van der Waals surface area contributed by atoms with Gasteiger partial charge in [0.1, 0.15) is 16.7 Å². The van der Waals surface area contributed by atoms with Crippen LogP contribution in [0, 0.1) is 13.8 Å². The molecule has 0 saturated carbocycles. The van der Waals surface area contributed by atoms with E-state index in [1.165, 1.54) is 11.3 Å². The van der Waals surface area contributed by atoms with Gasteiger partial charge in [-0.2, -0.15) is 0 Å². The average molecular weight is 372 g/mol. The van der Waals surface area contributed by atoms with Gasteiger partial charge in [0, 0.05) is 36.5 Å². The van der Waals surface area contributed by atoms with Crippen LogP contribution in [0.2, 0.25) is 0 Å². The summed E-state index contributed by atoms with van der Waals surface area (Å²) >= 11 is 1.52. The van der Waals surface area contributed by atoms with Crippen molar-refractivity contribution in [1.29, 1.82) is 0 Å². The maximum Gasteiger partial charge on any atom is 0.259 e. The topological polar surface area (TPSA) is 116 Å². The Hall–Kier alpha value is -2.52. The Balaban J connectivity index is 1.43. The zero-order chi connectivity index (χ0) is 18.3. The van der Waals surface area contributed by atoms with E-state index in [1.54, 1.807) is 6.33 Å². The van der Waals surface area contributed by atoms with Crippen molar-refractivity contribution < 1.29 is 4.79 Å². The molecule has 4 rings (SSSR count). The number of aryl methyl sites for hydroxylation is 2. The first-order valence-corrected chi connectivity index (χ1v) is 9.38. The first-order valence-electron chi connectivity index (χ1n) is 8.56. The highest BCUT2D eigenvalue weighted by Crippen LogP contribution is 2.25. The minimum atomic E-state index is -0.443. The summed E-state index contributed by atoms with van der Waals surface area (Å²) in [5.41, 5.74) is 2.63. The number of fused-ring (bicyclic) bond motifs is 2. The van der Waals surface area contributed by atoms with E-state index in [0.717, 1.165) is 39.6 Å². The van der Waals surface area contributed by atoms with Gasteiger partial charge in [-0.05, 0) is 19.4 Å². The van der Waals surface area contributed by atoms with Gasteiger partial charge in [0.15, 0.2) is 0 Å². The van der Waals surface area contributed by atoms with E-state index < -0.39 is 6.04 Å². The number of nitrogens with one attached hydrogen (secondary N) is 4. The normalized spacial score (nSPS) is 16.6. The number of carbonyl (C=O) groups excluding carboxylic acids is 1. The van der Waals surface area contributed by atoms with Crippen LogP contribution in [0.1, 0.15) is 33.7 Å². The summed E-state index contributed by atoms with van der Waals surface area (Å²) in [6.45, 7) is 5.05. The van der Waals surface area contributed by atoms with Crippen molar-refractivity contribution in [1.82, 2.24) is 30.6 Å². The van der Waals surface area contributed by atoms with E-state index in [0.29, 0.717) is 24.2 Å². The van der Waals surface area contributed by atoms with E-state index in [9.17, 15) is 9.59 Å². The van der Waals surface area contributed by atoms with Crippen LogP contribution in [-0.2, 0) is 17.6 Å². The fourth-order valence-electron chi connectivity index (χ4n) is 3.26. The molecule has 0 saturated heterocycles. The predicted octanol–water partition coefficient (Wildman–Crippen LogP) is 0.870. The Morgan fingerprint density at radius 3 is 3.12 bits per heavy atom. The lowest BCUT2D eigenvalue weighted by molar-refractivity contribution is -0.123. The van der Waals surface area contributed by atoms with Crippen molar-refractivity contribution in [2.75, 3.05) is 13.1 Å². The van der Waals surface area contributed by atoms with E-state index >= 15 is 0 Å². The lowest BCUT2D eigenvalue weighted by atomic mass is 10.1. The number of aromatic nitrogens is 4. The number of carbonyl (C=O) groups is 1. The Morgan fingerprint density at radius 2 is 2.27 bits per heavy atom. The highest BCUT2D eigenvalue weighted by Gasteiger charge is 2.28. The highest BCUT2D eigenvalue weighted by atomic mass is 32.1. The number of rotatable bonds is 4. The average Bonchev–Trinajstić information content (AvgIpc) is 3.19. The van der Waals surface area contributed by atoms with Gasteiger partial charge < -0.3 is 20.6 Å². The maximum absolute atomic E-state index is 12.5. The number of nitrogens with zero attached hydrogens (tertiary/aromatic N) is 2. The van der Waals surface area contributed by atoms with Gasteiger partial charge in [-0.15, -0.1) is 11.3 Å². The van der Waals surface area contributed by atoms with Crippen LogP contribution in [0.15, 0.2) is 11.1 Å². The predicted molar refractivity (Wildman–Crippen MR) is 99.5 cm³/mol. The van der Waals surface area contributed by atoms with Crippen LogP contribution in [-0.4, -0.2) is 38.9 Å². The molecule has 4 heterocycles. The molecule has 0 aromatic carbocycles. The number of H-pyrrole nitrogens is 2.